The first-order chi connectivity index (χ1) is 4.13. The molecule has 3 nitrogen and oxygen atoms in total. The first-order valence-electron chi connectivity index (χ1n) is 2.42. The van der Waals surface area contributed by atoms with E-state index in [1.165, 1.54) is 0 Å². The number of carbonyl (C=O) groups is 2. The largest absolute Gasteiger partial charge is 0.393 e. The van der Waals surface area contributed by atoms with E-state index in [-0.39, 0.29) is 18.2 Å². The average Bonchev–Trinajstić information content (AvgIpc) is 1.98. The predicted molar refractivity (Wildman–Crippen MR) is 31.4 cm³/mol. The van der Waals surface area contributed by atoms with Gasteiger partial charge in [0.1, 0.15) is 0 Å². The van der Waals surface area contributed by atoms with Gasteiger partial charge < -0.3 is 3.88 Å². The lowest BCUT2D eigenvalue weighted by molar-refractivity contribution is -0.131. The molecule has 2 radical (unpaired) electrons. The second-order valence-corrected chi connectivity index (χ2v) is 2.37. The predicted octanol–water partition coefficient (Wildman–Crippen LogP) is -0.615. The molecule has 1 saturated heterocycles. The van der Waals surface area contributed by atoms with E-state index in [2.05, 4.69) is 6.58 Å². The van der Waals surface area contributed by atoms with Crippen molar-refractivity contribution in [3.8, 4) is 0 Å². The maximum atomic E-state index is 10.7. The molecule has 0 aliphatic carbocycles. The zero-order valence-corrected chi connectivity index (χ0v) is 5.91. The van der Waals surface area contributed by atoms with Crippen LogP contribution in [0.2, 0.25) is 0 Å². The molecule has 9 heavy (non-hydrogen) atoms. The van der Waals surface area contributed by atoms with E-state index in [1.54, 1.807) is 0 Å². The van der Waals surface area contributed by atoms with Crippen LogP contribution < -0.4 is 0 Å². The highest BCUT2D eigenvalue weighted by molar-refractivity contribution is 6.31. The third-order valence-corrected chi connectivity index (χ3v) is 1.68. The summed E-state index contributed by atoms with van der Waals surface area (Å²) in [6.45, 7) is 3.41. The molecule has 0 spiro atoms. The van der Waals surface area contributed by atoms with Gasteiger partial charge >= 0.3 is 16.5 Å². The molecule has 0 aromatic rings. The maximum Gasteiger partial charge on any atom is 0.328 e. The van der Waals surface area contributed by atoms with Crippen molar-refractivity contribution in [2.75, 3.05) is 0 Å². The van der Waals surface area contributed by atoms with E-state index >= 15 is 0 Å². The maximum absolute atomic E-state index is 10.7. The van der Waals surface area contributed by atoms with Crippen molar-refractivity contribution >= 4 is 28.3 Å². The summed E-state index contributed by atoms with van der Waals surface area (Å²) in [6.07, 6.45) is 0.169. The summed E-state index contributed by atoms with van der Waals surface area (Å²) < 4.78 is 1.00. The third-order valence-electron chi connectivity index (χ3n) is 1.15. The second-order valence-electron chi connectivity index (χ2n) is 1.85. The lowest BCUT2D eigenvalue weighted by Crippen LogP contribution is -2.25. The van der Waals surface area contributed by atoms with Gasteiger partial charge in [0, 0.05) is 5.57 Å². The molecule has 0 aromatic heterocycles. The summed E-state index contributed by atoms with van der Waals surface area (Å²) in [5.74, 6) is -0.486. The molecule has 44 valence electrons. The van der Waals surface area contributed by atoms with Gasteiger partial charge in [-0.25, -0.2) is 0 Å². The van der Waals surface area contributed by atoms with E-state index in [9.17, 15) is 9.59 Å². The van der Waals surface area contributed by atoms with Gasteiger partial charge in [0.15, 0.2) is 0 Å². The van der Waals surface area contributed by atoms with Crippen LogP contribution in [0.25, 0.3) is 0 Å². The highest BCUT2D eigenvalue weighted by atomic mass is 27.1. The third kappa shape index (κ3) is 0.914. The fourth-order valence-electron chi connectivity index (χ4n) is 0.627. The molecule has 4 heteroatoms. The van der Waals surface area contributed by atoms with E-state index < -0.39 is 0 Å². The monoisotopic (exact) mass is 137 g/mol. The summed E-state index contributed by atoms with van der Waals surface area (Å²) in [7, 11) is 0. The summed E-state index contributed by atoms with van der Waals surface area (Å²) in [5, 5.41) is 0. The second kappa shape index (κ2) is 1.98. The van der Waals surface area contributed by atoms with Crippen molar-refractivity contribution in [3.05, 3.63) is 12.2 Å². The number of amides is 2. The molecular formula is C5H4AlNO2. The molecular weight excluding hydrogens is 133 g/mol. The van der Waals surface area contributed by atoms with E-state index in [4.69, 9.17) is 0 Å². The standard InChI is InChI=1S/C5H5NO2.Al/c1-3-2-4(7)6-5(3)8;/h1-2H2,(H,6,7,8);/q;+1/p-1. The Hall–Kier alpha value is -0.588. The molecule has 0 aromatic carbocycles. The van der Waals surface area contributed by atoms with Crippen LogP contribution in [-0.2, 0) is 9.59 Å². The van der Waals surface area contributed by atoms with Gasteiger partial charge in [-0.15, -0.1) is 0 Å². The zero-order valence-electron chi connectivity index (χ0n) is 4.76. The highest BCUT2D eigenvalue weighted by Gasteiger charge is 2.26. The molecule has 1 heterocycles. The first kappa shape index (κ1) is 6.53. The Morgan fingerprint density at radius 1 is 1.56 bits per heavy atom. The average molecular weight is 137 g/mol. The molecule has 1 aliphatic heterocycles. The van der Waals surface area contributed by atoms with Gasteiger partial charge in [0.05, 0.1) is 6.42 Å². The Bertz CT molecular complexity index is 199. The van der Waals surface area contributed by atoms with Crippen LogP contribution in [0.4, 0.5) is 0 Å². The van der Waals surface area contributed by atoms with Crippen LogP contribution in [0.5, 0.6) is 0 Å². The summed E-state index contributed by atoms with van der Waals surface area (Å²) >= 11 is 2.05. The Labute approximate surface area is 61.0 Å². The summed E-state index contributed by atoms with van der Waals surface area (Å²) in [4.78, 5) is 21.3. The highest BCUT2D eigenvalue weighted by Crippen LogP contribution is 2.12. The Kier molecular flexibility index (Phi) is 1.44. The van der Waals surface area contributed by atoms with Crippen LogP contribution in [-0.4, -0.2) is 32.2 Å². The fraction of sp³-hybridized carbons (Fsp3) is 0.200. The SMILES string of the molecule is C=C1CC(=O)[N]([Al])C1=O. The fourth-order valence-corrected chi connectivity index (χ4v) is 0.901. The van der Waals surface area contributed by atoms with Crippen molar-refractivity contribution in [1.82, 2.24) is 3.88 Å². The van der Waals surface area contributed by atoms with Crippen LogP contribution in [0.15, 0.2) is 12.2 Å². The van der Waals surface area contributed by atoms with Gasteiger partial charge in [-0.05, 0) is 0 Å². The molecule has 0 saturated carbocycles. The summed E-state index contributed by atoms with van der Waals surface area (Å²) in [6, 6.07) is 0. The normalized spacial score (nSPS) is 19.6. The molecule has 1 aliphatic rings. The van der Waals surface area contributed by atoms with Crippen molar-refractivity contribution in [1.29, 1.82) is 0 Å². The molecule has 0 N–H and O–H groups in total. The number of rotatable bonds is 0. The number of imide groups is 1. The molecule has 0 atom stereocenters. The van der Waals surface area contributed by atoms with Gasteiger partial charge in [-0.1, -0.05) is 6.58 Å². The van der Waals surface area contributed by atoms with E-state index in [1.807, 2.05) is 16.5 Å². The minimum atomic E-state index is -0.287. The van der Waals surface area contributed by atoms with Crippen molar-refractivity contribution in [2.45, 2.75) is 6.42 Å². The van der Waals surface area contributed by atoms with Gasteiger partial charge in [0.2, 0.25) is 11.8 Å². The molecule has 1 rings (SSSR count). The van der Waals surface area contributed by atoms with Gasteiger partial charge in [-0.3, -0.25) is 9.59 Å². The Morgan fingerprint density at radius 2 is 2.11 bits per heavy atom. The molecule has 2 amide bonds. The molecule has 0 unspecified atom stereocenters. The van der Waals surface area contributed by atoms with Crippen molar-refractivity contribution in [2.24, 2.45) is 0 Å². The van der Waals surface area contributed by atoms with Crippen molar-refractivity contribution in [3.63, 3.8) is 0 Å². The van der Waals surface area contributed by atoms with Crippen LogP contribution in [0.1, 0.15) is 6.42 Å². The summed E-state index contributed by atoms with van der Waals surface area (Å²) in [5.41, 5.74) is 0.370. The minimum Gasteiger partial charge on any atom is -0.393 e. The molecule has 0 bridgehead atoms. The number of nitrogens with zero attached hydrogens (tertiary/aromatic N) is 1. The van der Waals surface area contributed by atoms with E-state index in [0.29, 0.717) is 5.57 Å². The quantitative estimate of drug-likeness (QED) is 0.253. The van der Waals surface area contributed by atoms with Crippen molar-refractivity contribution < 1.29 is 9.59 Å². The van der Waals surface area contributed by atoms with E-state index in [0.717, 1.165) is 3.88 Å². The number of hydrogen-bond acceptors (Lipinski definition) is 2. The lowest BCUT2D eigenvalue weighted by Gasteiger charge is -2.04. The molecule has 1 fully saturated rings. The smallest absolute Gasteiger partial charge is 0.328 e. The van der Waals surface area contributed by atoms with Crippen LogP contribution in [0.3, 0.4) is 0 Å². The topological polar surface area (TPSA) is 37.4 Å². The lowest BCUT2D eigenvalue weighted by atomic mass is 10.3. The minimum absolute atomic E-state index is 0.169. The zero-order chi connectivity index (χ0) is 7.02. The van der Waals surface area contributed by atoms with Gasteiger partial charge in [-0.2, -0.15) is 0 Å². The number of hydrogen-bond donors (Lipinski definition) is 0. The van der Waals surface area contributed by atoms with Crippen LogP contribution in [0, 0.1) is 0 Å². The first-order valence-corrected chi connectivity index (χ1v) is 2.94. The van der Waals surface area contributed by atoms with Crippen LogP contribution >= 0.6 is 0 Å². The number of carbonyl (C=O) groups excluding carboxylic acids is 2. The Morgan fingerprint density at radius 3 is 2.22 bits per heavy atom. The van der Waals surface area contributed by atoms with Gasteiger partial charge in [0.25, 0.3) is 0 Å². The Balaban J connectivity index is 2.90.